The highest BCUT2D eigenvalue weighted by Gasteiger charge is 2.32. The van der Waals surface area contributed by atoms with Crippen LogP contribution in [0.4, 0.5) is 0 Å². The molecule has 0 saturated carbocycles. The van der Waals surface area contributed by atoms with Crippen molar-refractivity contribution in [2.45, 2.75) is 12.6 Å². The van der Waals surface area contributed by atoms with Crippen molar-refractivity contribution in [3.8, 4) is 0 Å². The van der Waals surface area contributed by atoms with E-state index < -0.39 is 12.0 Å². The van der Waals surface area contributed by atoms with Crippen molar-refractivity contribution in [1.82, 2.24) is 10.2 Å². The maximum Gasteiger partial charge on any atom is 0.327 e. The van der Waals surface area contributed by atoms with E-state index in [1.54, 1.807) is 0 Å². The Balaban J connectivity index is 2.15. The van der Waals surface area contributed by atoms with Crippen LogP contribution in [0.5, 0.6) is 0 Å². The first-order chi connectivity index (χ1) is 8.18. The monoisotopic (exact) mass is 234 g/mol. The number of nitrogens with one attached hydrogen (secondary N) is 1. The largest absolute Gasteiger partial charge is 0.480 e. The van der Waals surface area contributed by atoms with Gasteiger partial charge in [0.15, 0.2) is 0 Å². The molecule has 0 aliphatic carbocycles. The quantitative estimate of drug-likeness (QED) is 0.776. The van der Waals surface area contributed by atoms with Gasteiger partial charge in [0.25, 0.3) is 0 Å². The molecule has 1 amide bonds. The summed E-state index contributed by atoms with van der Waals surface area (Å²) < 4.78 is 0. The van der Waals surface area contributed by atoms with Crippen molar-refractivity contribution in [3.63, 3.8) is 0 Å². The number of rotatable bonds is 3. The number of hydrogen-bond acceptors (Lipinski definition) is 3. The molecule has 1 heterocycles. The molecule has 0 aromatic heterocycles. The Morgan fingerprint density at radius 2 is 2.12 bits per heavy atom. The van der Waals surface area contributed by atoms with Crippen LogP contribution < -0.4 is 5.32 Å². The Kier molecular flexibility index (Phi) is 3.39. The zero-order valence-corrected chi connectivity index (χ0v) is 9.30. The molecule has 1 saturated heterocycles. The number of carbonyl (C=O) groups excluding carboxylic acids is 1. The van der Waals surface area contributed by atoms with Crippen LogP contribution in [0.15, 0.2) is 30.3 Å². The summed E-state index contributed by atoms with van der Waals surface area (Å²) in [4.78, 5) is 24.2. The molecule has 0 spiro atoms. The molecule has 0 radical (unpaired) electrons. The maximum atomic E-state index is 11.7. The van der Waals surface area contributed by atoms with Crippen LogP contribution in [0.1, 0.15) is 5.56 Å². The fraction of sp³-hybridized carbons (Fsp3) is 0.333. The Bertz CT molecular complexity index is 419. The van der Waals surface area contributed by atoms with Gasteiger partial charge in [-0.2, -0.15) is 0 Å². The third kappa shape index (κ3) is 2.62. The lowest BCUT2D eigenvalue weighted by Crippen LogP contribution is -2.57. The Hall–Kier alpha value is -1.88. The molecule has 5 nitrogen and oxygen atoms in total. The zero-order valence-electron chi connectivity index (χ0n) is 9.30. The summed E-state index contributed by atoms with van der Waals surface area (Å²) in [7, 11) is 0. The van der Waals surface area contributed by atoms with Crippen molar-refractivity contribution in [2.24, 2.45) is 0 Å². The first-order valence-corrected chi connectivity index (χ1v) is 5.45. The van der Waals surface area contributed by atoms with E-state index in [-0.39, 0.29) is 12.5 Å². The van der Waals surface area contributed by atoms with Gasteiger partial charge < -0.3 is 15.3 Å². The number of hydrogen-bond donors (Lipinski definition) is 2. The second-order valence-corrected chi connectivity index (χ2v) is 3.99. The molecule has 1 aliphatic rings. The number of nitrogens with zero attached hydrogens (tertiary/aromatic N) is 1. The predicted molar refractivity (Wildman–Crippen MR) is 61.3 cm³/mol. The third-order valence-corrected chi connectivity index (χ3v) is 2.79. The highest BCUT2D eigenvalue weighted by Crippen LogP contribution is 2.11. The second-order valence-electron chi connectivity index (χ2n) is 3.99. The molecule has 17 heavy (non-hydrogen) atoms. The van der Waals surface area contributed by atoms with Crippen LogP contribution in [-0.2, 0) is 16.1 Å². The summed E-state index contributed by atoms with van der Waals surface area (Å²) >= 11 is 0. The molecular formula is C12H14N2O3. The van der Waals surface area contributed by atoms with E-state index >= 15 is 0 Å². The number of carboxylic acid groups (broad SMARTS) is 1. The molecule has 2 N–H and O–H groups in total. The standard InChI is InChI=1S/C12H14N2O3/c15-11-7-13-6-10(12(16)17)14(11)8-9-4-2-1-3-5-9/h1-5,10,13H,6-8H2,(H,16,17). The lowest BCUT2D eigenvalue weighted by molar-refractivity contribution is -0.152. The van der Waals surface area contributed by atoms with Gasteiger partial charge in [-0.25, -0.2) is 4.79 Å². The van der Waals surface area contributed by atoms with Gasteiger partial charge in [-0.05, 0) is 5.56 Å². The van der Waals surface area contributed by atoms with E-state index in [9.17, 15) is 9.59 Å². The summed E-state index contributed by atoms with van der Waals surface area (Å²) in [6.07, 6.45) is 0. The van der Waals surface area contributed by atoms with Crippen molar-refractivity contribution >= 4 is 11.9 Å². The number of carboxylic acids is 1. The van der Waals surface area contributed by atoms with Gasteiger partial charge >= 0.3 is 5.97 Å². The number of carbonyl (C=O) groups is 2. The summed E-state index contributed by atoms with van der Waals surface area (Å²) in [5, 5.41) is 11.9. The van der Waals surface area contributed by atoms with Gasteiger partial charge in [-0.3, -0.25) is 4.79 Å². The summed E-state index contributed by atoms with van der Waals surface area (Å²) in [5.74, 6) is -1.14. The fourth-order valence-electron chi connectivity index (χ4n) is 1.90. The molecule has 0 bridgehead atoms. The van der Waals surface area contributed by atoms with Gasteiger partial charge in [0, 0.05) is 13.1 Å². The predicted octanol–water partition coefficient (Wildman–Crippen LogP) is 0.0716. The Labute approximate surface area is 99.0 Å². The van der Waals surface area contributed by atoms with Gasteiger partial charge in [0.2, 0.25) is 5.91 Å². The summed E-state index contributed by atoms with van der Waals surface area (Å²) in [6, 6.07) is 8.62. The minimum Gasteiger partial charge on any atom is -0.480 e. The van der Waals surface area contributed by atoms with Crippen LogP contribution >= 0.6 is 0 Å². The van der Waals surface area contributed by atoms with E-state index in [0.717, 1.165) is 5.56 Å². The molecule has 90 valence electrons. The Morgan fingerprint density at radius 1 is 1.41 bits per heavy atom. The molecule has 2 rings (SSSR count). The molecule has 1 aromatic carbocycles. The molecule has 1 atom stereocenters. The Morgan fingerprint density at radius 3 is 2.76 bits per heavy atom. The smallest absolute Gasteiger partial charge is 0.327 e. The highest BCUT2D eigenvalue weighted by atomic mass is 16.4. The first kappa shape index (κ1) is 11.6. The fourth-order valence-corrected chi connectivity index (χ4v) is 1.90. The van der Waals surface area contributed by atoms with E-state index in [2.05, 4.69) is 5.32 Å². The van der Waals surface area contributed by atoms with Gasteiger partial charge in [-0.15, -0.1) is 0 Å². The third-order valence-electron chi connectivity index (χ3n) is 2.79. The number of benzene rings is 1. The van der Waals surface area contributed by atoms with Crippen molar-refractivity contribution in [3.05, 3.63) is 35.9 Å². The molecular weight excluding hydrogens is 220 g/mol. The minimum absolute atomic E-state index is 0.174. The lowest BCUT2D eigenvalue weighted by Gasteiger charge is -2.33. The average Bonchev–Trinajstić information content (AvgIpc) is 2.33. The van der Waals surface area contributed by atoms with Crippen LogP contribution in [0, 0.1) is 0 Å². The minimum atomic E-state index is -0.971. The topological polar surface area (TPSA) is 69.6 Å². The normalized spacial score (nSPS) is 20.4. The lowest BCUT2D eigenvalue weighted by atomic mass is 10.1. The summed E-state index contributed by atoms with van der Waals surface area (Å²) in [5.41, 5.74) is 0.939. The molecule has 1 fully saturated rings. The van der Waals surface area contributed by atoms with Gasteiger partial charge in [-0.1, -0.05) is 30.3 Å². The first-order valence-electron chi connectivity index (χ1n) is 5.45. The molecule has 1 aromatic rings. The van der Waals surface area contributed by atoms with Crippen molar-refractivity contribution in [1.29, 1.82) is 0 Å². The zero-order chi connectivity index (χ0) is 12.3. The van der Waals surface area contributed by atoms with Crippen molar-refractivity contribution < 1.29 is 14.7 Å². The number of piperazine rings is 1. The van der Waals surface area contributed by atoms with E-state index in [1.807, 2.05) is 30.3 Å². The molecule has 1 aliphatic heterocycles. The maximum absolute atomic E-state index is 11.7. The van der Waals surface area contributed by atoms with E-state index in [0.29, 0.717) is 13.1 Å². The van der Waals surface area contributed by atoms with Gasteiger partial charge in [0.1, 0.15) is 6.04 Å². The van der Waals surface area contributed by atoms with E-state index in [4.69, 9.17) is 5.11 Å². The highest BCUT2D eigenvalue weighted by molar-refractivity contribution is 5.86. The second kappa shape index (κ2) is 4.97. The SMILES string of the molecule is O=C(O)C1CNCC(=O)N1Cc1ccccc1. The van der Waals surface area contributed by atoms with Crippen LogP contribution in [0.25, 0.3) is 0 Å². The van der Waals surface area contributed by atoms with E-state index in [1.165, 1.54) is 4.90 Å². The van der Waals surface area contributed by atoms with Crippen LogP contribution in [0.3, 0.4) is 0 Å². The van der Waals surface area contributed by atoms with Crippen molar-refractivity contribution in [2.75, 3.05) is 13.1 Å². The van der Waals surface area contributed by atoms with Crippen LogP contribution in [0.2, 0.25) is 0 Å². The average molecular weight is 234 g/mol. The van der Waals surface area contributed by atoms with Crippen LogP contribution in [-0.4, -0.2) is 41.0 Å². The van der Waals surface area contributed by atoms with Gasteiger partial charge in [0.05, 0.1) is 6.54 Å². The number of aliphatic carboxylic acids is 1. The molecule has 1 unspecified atom stereocenters. The summed E-state index contributed by atoms with van der Waals surface area (Å²) in [6.45, 7) is 0.850. The number of amides is 1. The molecule has 5 heteroatoms.